The summed E-state index contributed by atoms with van der Waals surface area (Å²) >= 11 is 0. The predicted molar refractivity (Wildman–Crippen MR) is 76.8 cm³/mol. The van der Waals surface area contributed by atoms with Crippen LogP contribution in [0.15, 0.2) is 0 Å². The fourth-order valence-corrected chi connectivity index (χ4v) is 3.20. The first-order valence-electron chi connectivity index (χ1n) is 7.00. The van der Waals surface area contributed by atoms with E-state index >= 15 is 0 Å². The molecule has 1 fully saturated rings. The van der Waals surface area contributed by atoms with E-state index < -0.39 is 9.84 Å². The van der Waals surface area contributed by atoms with Gasteiger partial charge in [0.05, 0.1) is 0 Å². The third-order valence-corrected chi connectivity index (χ3v) is 4.48. The van der Waals surface area contributed by atoms with Crippen molar-refractivity contribution in [1.82, 2.24) is 10.2 Å². The summed E-state index contributed by atoms with van der Waals surface area (Å²) in [6, 6.07) is 0.739. The highest BCUT2D eigenvalue weighted by Crippen LogP contribution is 2.22. The molecule has 0 aliphatic heterocycles. The summed E-state index contributed by atoms with van der Waals surface area (Å²) in [4.78, 5) is 13.5. The molecular weight excluding hydrogens is 264 g/mol. The van der Waals surface area contributed by atoms with Gasteiger partial charge in [-0.2, -0.15) is 0 Å². The minimum Gasteiger partial charge on any atom is -0.342 e. The van der Waals surface area contributed by atoms with Crippen molar-refractivity contribution in [1.29, 1.82) is 0 Å². The number of hydrogen-bond donors (Lipinski definition) is 1. The minimum atomic E-state index is -3.23. The zero-order chi connectivity index (χ0) is 14.5. The van der Waals surface area contributed by atoms with Crippen LogP contribution in [-0.4, -0.2) is 56.9 Å². The monoisotopic (exact) mass is 290 g/mol. The highest BCUT2D eigenvalue weighted by molar-refractivity contribution is 7.91. The maximum atomic E-state index is 11.8. The van der Waals surface area contributed by atoms with E-state index in [1.54, 1.807) is 11.9 Å². The Morgan fingerprint density at radius 1 is 1.26 bits per heavy atom. The number of carbonyl (C=O) groups excluding carboxylic acids is 1. The molecule has 0 unspecified atom stereocenters. The average Bonchev–Trinajstić information content (AvgIpc) is 2.34. The van der Waals surface area contributed by atoms with Crippen molar-refractivity contribution >= 4 is 15.7 Å². The zero-order valence-electron chi connectivity index (χ0n) is 12.2. The van der Waals surface area contributed by atoms with Gasteiger partial charge in [0.2, 0.25) is 5.91 Å². The van der Waals surface area contributed by atoms with Crippen LogP contribution in [0.3, 0.4) is 0 Å². The molecule has 19 heavy (non-hydrogen) atoms. The van der Waals surface area contributed by atoms with Crippen LogP contribution in [0.5, 0.6) is 0 Å². The minimum absolute atomic E-state index is 0.189. The van der Waals surface area contributed by atoms with E-state index in [0.29, 0.717) is 6.04 Å². The number of sulfone groups is 1. The van der Waals surface area contributed by atoms with Gasteiger partial charge in [-0.15, -0.1) is 0 Å². The molecule has 6 heteroatoms. The van der Waals surface area contributed by atoms with Crippen molar-refractivity contribution < 1.29 is 13.2 Å². The van der Waals surface area contributed by atoms with E-state index in [1.807, 2.05) is 0 Å². The third-order valence-electron chi connectivity index (χ3n) is 3.71. The Bertz CT molecular complexity index is 387. The van der Waals surface area contributed by atoms with Crippen molar-refractivity contribution in [2.24, 2.45) is 0 Å². The van der Waals surface area contributed by atoms with Gasteiger partial charge in [0.15, 0.2) is 9.84 Å². The lowest BCUT2D eigenvalue weighted by Crippen LogP contribution is -2.45. The molecule has 5 nitrogen and oxygen atoms in total. The summed E-state index contributed by atoms with van der Waals surface area (Å²) in [5.74, 6) is -0.662. The summed E-state index contributed by atoms with van der Waals surface area (Å²) in [5, 5.41) is 3.50. The normalized spacial score (nSPS) is 24.2. The smallest absolute Gasteiger partial charge is 0.237 e. The Labute approximate surface area is 116 Å². The molecule has 0 saturated heterocycles. The Kier molecular flexibility index (Phi) is 6.26. The molecule has 1 saturated carbocycles. The molecule has 0 bridgehead atoms. The second-order valence-electron chi connectivity index (χ2n) is 5.53. The first-order chi connectivity index (χ1) is 8.83. The van der Waals surface area contributed by atoms with E-state index in [0.717, 1.165) is 44.9 Å². The largest absolute Gasteiger partial charge is 0.342 e. The molecule has 1 rings (SSSR count). The summed E-state index contributed by atoms with van der Waals surface area (Å²) in [6.07, 6.45) is 6.25. The number of carbonyl (C=O) groups is 1. The van der Waals surface area contributed by atoms with Gasteiger partial charge in [0, 0.05) is 25.4 Å². The lowest BCUT2D eigenvalue weighted by Gasteiger charge is -2.35. The van der Waals surface area contributed by atoms with Gasteiger partial charge < -0.3 is 10.2 Å². The van der Waals surface area contributed by atoms with Crippen LogP contribution < -0.4 is 5.32 Å². The fraction of sp³-hybridized carbons (Fsp3) is 0.923. The number of rotatable bonds is 6. The number of nitrogens with one attached hydrogen (secondary N) is 1. The van der Waals surface area contributed by atoms with Crippen molar-refractivity contribution in [2.75, 3.05) is 25.6 Å². The van der Waals surface area contributed by atoms with Crippen LogP contribution in [0, 0.1) is 0 Å². The first-order valence-corrected chi connectivity index (χ1v) is 9.06. The van der Waals surface area contributed by atoms with Crippen LogP contribution in [-0.2, 0) is 14.6 Å². The van der Waals surface area contributed by atoms with Crippen molar-refractivity contribution in [3.63, 3.8) is 0 Å². The van der Waals surface area contributed by atoms with Gasteiger partial charge in [-0.1, -0.05) is 6.92 Å². The number of hydrogen-bond acceptors (Lipinski definition) is 4. The van der Waals surface area contributed by atoms with E-state index in [1.165, 1.54) is 0 Å². The molecule has 1 amide bonds. The first kappa shape index (κ1) is 16.4. The molecule has 0 radical (unpaired) electrons. The molecule has 0 spiro atoms. The van der Waals surface area contributed by atoms with Crippen LogP contribution in [0.2, 0.25) is 0 Å². The Balaban J connectivity index is 2.40. The van der Waals surface area contributed by atoms with E-state index in [9.17, 15) is 13.2 Å². The van der Waals surface area contributed by atoms with Crippen LogP contribution in [0.25, 0.3) is 0 Å². The highest BCUT2D eigenvalue weighted by atomic mass is 32.2. The topological polar surface area (TPSA) is 66.5 Å². The standard InChI is InChI=1S/C13H26N2O3S/c1-4-9-14-11-5-7-12(8-6-11)15(2)13(16)10-19(3,17)18/h11-12,14H,4-10H2,1-3H3. The third kappa shape index (κ3) is 5.91. The zero-order valence-corrected chi connectivity index (χ0v) is 13.0. The van der Waals surface area contributed by atoms with E-state index in [2.05, 4.69) is 12.2 Å². The van der Waals surface area contributed by atoms with Crippen LogP contribution in [0.4, 0.5) is 0 Å². The average molecular weight is 290 g/mol. The summed E-state index contributed by atoms with van der Waals surface area (Å²) in [6.45, 7) is 3.19. The fourth-order valence-electron chi connectivity index (χ4n) is 2.55. The SMILES string of the molecule is CCCNC1CCC(N(C)C(=O)CS(C)(=O)=O)CC1. The Hall–Kier alpha value is -0.620. The molecular formula is C13H26N2O3S. The highest BCUT2D eigenvalue weighted by Gasteiger charge is 2.27. The molecule has 0 heterocycles. The van der Waals surface area contributed by atoms with Gasteiger partial charge in [-0.25, -0.2) is 8.42 Å². The van der Waals surface area contributed by atoms with Gasteiger partial charge >= 0.3 is 0 Å². The maximum Gasteiger partial charge on any atom is 0.237 e. The van der Waals surface area contributed by atoms with Gasteiger partial charge in [0.1, 0.15) is 5.75 Å². The lowest BCUT2D eigenvalue weighted by molar-refractivity contribution is -0.129. The predicted octanol–water partition coefficient (Wildman–Crippen LogP) is 0.800. The second-order valence-corrected chi connectivity index (χ2v) is 7.67. The maximum absolute atomic E-state index is 11.8. The summed E-state index contributed by atoms with van der Waals surface area (Å²) in [7, 11) is -1.51. The van der Waals surface area contributed by atoms with Gasteiger partial charge in [-0.05, 0) is 38.6 Å². The van der Waals surface area contributed by atoms with E-state index in [4.69, 9.17) is 0 Å². The van der Waals surface area contributed by atoms with Crippen molar-refractivity contribution in [3.8, 4) is 0 Å². The van der Waals surface area contributed by atoms with Crippen LogP contribution in [0.1, 0.15) is 39.0 Å². The Morgan fingerprint density at radius 3 is 2.32 bits per heavy atom. The van der Waals surface area contributed by atoms with Gasteiger partial charge in [-0.3, -0.25) is 4.79 Å². The Morgan fingerprint density at radius 2 is 1.84 bits per heavy atom. The lowest BCUT2D eigenvalue weighted by atomic mass is 9.90. The molecule has 1 aliphatic carbocycles. The van der Waals surface area contributed by atoms with Crippen molar-refractivity contribution in [2.45, 2.75) is 51.1 Å². The number of nitrogens with zero attached hydrogens (tertiary/aromatic N) is 1. The molecule has 0 aromatic carbocycles. The summed E-state index contributed by atoms with van der Waals surface area (Å²) in [5.41, 5.74) is 0. The summed E-state index contributed by atoms with van der Waals surface area (Å²) < 4.78 is 22.3. The van der Waals surface area contributed by atoms with Gasteiger partial charge in [0.25, 0.3) is 0 Å². The molecule has 0 atom stereocenters. The molecule has 112 valence electrons. The molecule has 0 aromatic heterocycles. The van der Waals surface area contributed by atoms with Crippen molar-refractivity contribution in [3.05, 3.63) is 0 Å². The molecule has 0 aromatic rings. The molecule has 1 aliphatic rings. The quantitative estimate of drug-likeness (QED) is 0.786. The van der Waals surface area contributed by atoms with E-state index in [-0.39, 0.29) is 17.7 Å². The van der Waals surface area contributed by atoms with Crippen LogP contribution >= 0.6 is 0 Å². The number of amides is 1. The molecule has 1 N–H and O–H groups in total. The second kappa shape index (κ2) is 7.24.